The monoisotopic (exact) mass is 248 g/mol. The van der Waals surface area contributed by atoms with Crippen molar-refractivity contribution < 1.29 is 19.4 Å². The molecule has 0 heterocycles. The molecule has 1 rings (SSSR count). The molecule has 0 saturated heterocycles. The van der Waals surface area contributed by atoms with Gasteiger partial charge in [0.1, 0.15) is 0 Å². The Morgan fingerprint density at radius 3 is 2.46 bits per heavy atom. The molecule has 0 aliphatic carbocycles. The summed E-state index contributed by atoms with van der Waals surface area (Å²) in [6, 6.07) is 2.12. The van der Waals surface area contributed by atoms with Crippen LogP contribution in [-0.4, -0.2) is 16.5 Å². The number of carbonyl (C=O) groups excluding carboxylic acids is 1. The Morgan fingerprint density at radius 2 is 1.92 bits per heavy atom. The summed E-state index contributed by atoms with van der Waals surface area (Å²) < 4.78 is 13.1. The molecule has 70 valence electrons. The molecular formula is C8H6BrFO3. The number of aromatic hydroxyl groups is 2. The van der Waals surface area contributed by atoms with Crippen LogP contribution in [0, 0.1) is 0 Å². The highest BCUT2D eigenvalue weighted by molar-refractivity contribution is 9.10. The Morgan fingerprint density at radius 1 is 1.38 bits per heavy atom. The van der Waals surface area contributed by atoms with Crippen LogP contribution in [0.25, 0.3) is 0 Å². The highest BCUT2D eigenvalue weighted by Gasteiger charge is 2.14. The van der Waals surface area contributed by atoms with Crippen LogP contribution in [-0.2, 0) is 4.79 Å². The van der Waals surface area contributed by atoms with Gasteiger partial charge < -0.3 is 10.2 Å². The van der Waals surface area contributed by atoms with Gasteiger partial charge in [-0.2, -0.15) is 0 Å². The molecule has 0 radical (unpaired) electrons. The Balaban J connectivity index is 3.22. The topological polar surface area (TPSA) is 57.5 Å². The molecule has 0 saturated carbocycles. The van der Waals surface area contributed by atoms with E-state index in [1.807, 2.05) is 0 Å². The van der Waals surface area contributed by atoms with Crippen molar-refractivity contribution in [1.82, 2.24) is 0 Å². The third-order valence-electron chi connectivity index (χ3n) is 1.51. The van der Waals surface area contributed by atoms with Crippen LogP contribution in [0.4, 0.5) is 4.39 Å². The Kier molecular flexibility index (Phi) is 2.87. The molecular weight excluding hydrogens is 243 g/mol. The lowest BCUT2D eigenvalue weighted by Crippen LogP contribution is -1.93. The maximum Gasteiger partial charge on any atom is 0.181 e. The van der Waals surface area contributed by atoms with Gasteiger partial charge in [0.05, 0.1) is 0 Å². The summed E-state index contributed by atoms with van der Waals surface area (Å²) in [4.78, 5) is 10.1. The van der Waals surface area contributed by atoms with Crippen LogP contribution in [0.15, 0.2) is 16.6 Å². The molecule has 1 aromatic carbocycles. The van der Waals surface area contributed by atoms with E-state index < -0.39 is 11.9 Å². The third-order valence-corrected chi connectivity index (χ3v) is 2.20. The fourth-order valence-electron chi connectivity index (χ4n) is 0.852. The SMILES string of the molecule is O=CC(F)c1cc(O)c(O)cc1Br. The number of aldehydes is 1. The van der Waals surface area contributed by atoms with Crippen molar-refractivity contribution in [2.45, 2.75) is 6.17 Å². The summed E-state index contributed by atoms with van der Waals surface area (Å²) in [5.41, 5.74) is -0.00898. The zero-order chi connectivity index (χ0) is 10.0. The number of rotatable bonds is 2. The van der Waals surface area contributed by atoms with Crippen molar-refractivity contribution in [3.8, 4) is 11.5 Å². The van der Waals surface area contributed by atoms with Crippen LogP contribution in [0.1, 0.15) is 11.7 Å². The highest BCUT2D eigenvalue weighted by Crippen LogP contribution is 2.34. The molecule has 0 fully saturated rings. The molecule has 0 aliphatic heterocycles. The summed E-state index contributed by atoms with van der Waals surface area (Å²) in [6.45, 7) is 0. The minimum absolute atomic E-state index is 0.00898. The van der Waals surface area contributed by atoms with Gasteiger partial charge in [0.25, 0.3) is 0 Å². The van der Waals surface area contributed by atoms with E-state index in [4.69, 9.17) is 10.2 Å². The zero-order valence-electron chi connectivity index (χ0n) is 6.37. The van der Waals surface area contributed by atoms with Crippen LogP contribution in [0.5, 0.6) is 11.5 Å². The number of hydrogen-bond acceptors (Lipinski definition) is 3. The number of benzene rings is 1. The van der Waals surface area contributed by atoms with E-state index in [0.29, 0.717) is 0 Å². The molecule has 3 nitrogen and oxygen atoms in total. The second-order valence-corrected chi connectivity index (χ2v) is 3.25. The van der Waals surface area contributed by atoms with E-state index in [2.05, 4.69) is 15.9 Å². The first-order chi connectivity index (χ1) is 6.06. The van der Waals surface area contributed by atoms with Gasteiger partial charge in [-0.15, -0.1) is 0 Å². The van der Waals surface area contributed by atoms with Crippen molar-refractivity contribution >= 4 is 22.2 Å². The van der Waals surface area contributed by atoms with Gasteiger partial charge in [0.15, 0.2) is 24.0 Å². The van der Waals surface area contributed by atoms with Gasteiger partial charge in [-0.25, -0.2) is 4.39 Å². The van der Waals surface area contributed by atoms with E-state index in [0.717, 1.165) is 12.1 Å². The molecule has 2 N–H and O–H groups in total. The summed E-state index contributed by atoms with van der Waals surface area (Å²) in [5, 5.41) is 18.0. The van der Waals surface area contributed by atoms with Crippen molar-refractivity contribution in [1.29, 1.82) is 0 Å². The van der Waals surface area contributed by atoms with Gasteiger partial charge >= 0.3 is 0 Å². The third kappa shape index (κ3) is 1.98. The number of alkyl halides is 1. The predicted octanol–water partition coefficient (Wildman–Crippen LogP) is 2.07. The van der Waals surface area contributed by atoms with Gasteiger partial charge in [-0.1, -0.05) is 15.9 Å². The van der Waals surface area contributed by atoms with Crippen LogP contribution in [0.3, 0.4) is 0 Å². The number of halogens is 2. The Labute approximate surface area is 81.9 Å². The standard InChI is InChI=1S/C8H6BrFO3/c9-5-2-8(13)7(12)1-4(5)6(10)3-11/h1-3,6,12-13H. The maximum absolute atomic E-state index is 12.8. The first-order valence-electron chi connectivity index (χ1n) is 3.37. The van der Waals surface area contributed by atoms with Gasteiger partial charge in [0.2, 0.25) is 0 Å². The lowest BCUT2D eigenvalue weighted by atomic mass is 10.1. The summed E-state index contributed by atoms with van der Waals surface area (Å²) in [5.74, 6) is -0.823. The quantitative estimate of drug-likeness (QED) is 0.623. The van der Waals surface area contributed by atoms with Crippen molar-refractivity contribution in [2.75, 3.05) is 0 Å². The lowest BCUT2D eigenvalue weighted by molar-refractivity contribution is -0.112. The molecule has 0 amide bonds. The first-order valence-corrected chi connectivity index (χ1v) is 4.16. The molecule has 1 atom stereocenters. The number of phenols is 2. The van der Waals surface area contributed by atoms with Gasteiger partial charge in [-0.05, 0) is 12.1 Å². The van der Waals surface area contributed by atoms with Crippen LogP contribution in [0.2, 0.25) is 0 Å². The first kappa shape index (κ1) is 9.98. The van der Waals surface area contributed by atoms with E-state index in [1.165, 1.54) is 0 Å². The molecule has 0 aromatic heterocycles. The van der Waals surface area contributed by atoms with E-state index in [1.54, 1.807) is 0 Å². The smallest absolute Gasteiger partial charge is 0.181 e. The average molecular weight is 249 g/mol. The fourth-order valence-corrected chi connectivity index (χ4v) is 1.40. The van der Waals surface area contributed by atoms with Crippen molar-refractivity contribution in [3.63, 3.8) is 0 Å². The van der Waals surface area contributed by atoms with E-state index >= 15 is 0 Å². The fraction of sp³-hybridized carbons (Fsp3) is 0.125. The molecule has 0 aliphatic rings. The number of carbonyl (C=O) groups is 1. The van der Waals surface area contributed by atoms with E-state index in [-0.39, 0.29) is 22.1 Å². The summed E-state index contributed by atoms with van der Waals surface area (Å²) in [7, 11) is 0. The largest absolute Gasteiger partial charge is 0.504 e. The summed E-state index contributed by atoms with van der Waals surface area (Å²) >= 11 is 2.95. The molecule has 5 heteroatoms. The molecule has 0 bridgehead atoms. The van der Waals surface area contributed by atoms with Gasteiger partial charge in [0, 0.05) is 10.0 Å². The summed E-state index contributed by atoms with van der Waals surface area (Å²) in [6.07, 6.45) is -1.70. The molecule has 13 heavy (non-hydrogen) atoms. The maximum atomic E-state index is 12.8. The predicted molar refractivity (Wildman–Crippen MR) is 47.4 cm³/mol. The zero-order valence-corrected chi connectivity index (χ0v) is 7.95. The minimum Gasteiger partial charge on any atom is -0.504 e. The van der Waals surface area contributed by atoms with Crippen molar-refractivity contribution in [2.24, 2.45) is 0 Å². The van der Waals surface area contributed by atoms with E-state index in [9.17, 15) is 9.18 Å². The Hall–Kier alpha value is -1.10. The Bertz CT molecular complexity index is 340. The van der Waals surface area contributed by atoms with Crippen LogP contribution >= 0.6 is 15.9 Å². The van der Waals surface area contributed by atoms with Crippen LogP contribution < -0.4 is 0 Å². The second-order valence-electron chi connectivity index (χ2n) is 2.40. The normalized spacial score (nSPS) is 12.5. The molecule has 0 spiro atoms. The number of phenolic OH excluding ortho intramolecular Hbond substituents is 2. The second kappa shape index (κ2) is 3.74. The molecule has 1 unspecified atom stereocenters. The number of hydrogen-bond donors (Lipinski definition) is 2. The molecule has 1 aromatic rings. The highest BCUT2D eigenvalue weighted by atomic mass is 79.9. The average Bonchev–Trinajstić information content (AvgIpc) is 2.10. The lowest BCUT2D eigenvalue weighted by Gasteiger charge is -2.06. The van der Waals surface area contributed by atoms with Gasteiger partial charge in [-0.3, -0.25) is 4.79 Å². The minimum atomic E-state index is -1.80. The van der Waals surface area contributed by atoms with Crippen molar-refractivity contribution in [3.05, 3.63) is 22.2 Å².